The van der Waals surface area contributed by atoms with E-state index in [1.807, 2.05) is 36.4 Å². The summed E-state index contributed by atoms with van der Waals surface area (Å²) in [5.74, 6) is 1.02. The number of furan rings is 1. The molecule has 30 heavy (non-hydrogen) atoms. The molecule has 2 heterocycles. The van der Waals surface area contributed by atoms with E-state index in [2.05, 4.69) is 10.2 Å². The number of anilines is 2. The average molecular weight is 443 g/mol. The number of hydrogen-bond acceptors (Lipinski definition) is 4. The molecule has 2 aromatic carbocycles. The van der Waals surface area contributed by atoms with Crippen molar-refractivity contribution in [3.05, 3.63) is 76.5 Å². The van der Waals surface area contributed by atoms with Gasteiger partial charge in [0.25, 0.3) is 0 Å². The van der Waals surface area contributed by atoms with E-state index in [1.54, 1.807) is 24.3 Å². The number of morpholine rings is 1. The Labute approximate surface area is 184 Å². The Kier molecular flexibility index (Phi) is 6.43. The van der Waals surface area contributed by atoms with Crippen LogP contribution in [0.1, 0.15) is 5.76 Å². The molecule has 1 saturated heterocycles. The number of hydrogen-bond donors (Lipinski definition) is 1. The summed E-state index contributed by atoms with van der Waals surface area (Å²) in [7, 11) is 0. The summed E-state index contributed by atoms with van der Waals surface area (Å²) < 4.78 is 11.2. The van der Waals surface area contributed by atoms with Crippen molar-refractivity contribution >= 4 is 46.6 Å². The Hall–Kier alpha value is -2.73. The number of rotatable bonds is 5. The van der Waals surface area contributed by atoms with Crippen molar-refractivity contribution in [3.8, 4) is 11.3 Å². The molecule has 1 N–H and O–H groups in total. The SMILES string of the molecule is O=C(C=Cc1ccc(-c2ccc(Cl)cc2)o1)Nc1cc(Cl)ccc1N1CCOCC1. The van der Waals surface area contributed by atoms with Crippen LogP contribution < -0.4 is 10.2 Å². The van der Waals surface area contributed by atoms with Gasteiger partial charge >= 0.3 is 0 Å². The number of carbonyl (C=O) groups is 1. The second kappa shape index (κ2) is 9.39. The second-order valence-corrected chi connectivity index (χ2v) is 7.67. The van der Waals surface area contributed by atoms with Crippen molar-refractivity contribution in [1.82, 2.24) is 0 Å². The van der Waals surface area contributed by atoms with Crippen LogP contribution in [-0.4, -0.2) is 32.2 Å². The number of halogens is 2. The monoisotopic (exact) mass is 442 g/mol. The molecular formula is C23H20Cl2N2O3. The van der Waals surface area contributed by atoms with Gasteiger partial charge in [0.2, 0.25) is 5.91 Å². The lowest BCUT2D eigenvalue weighted by molar-refractivity contribution is -0.111. The lowest BCUT2D eigenvalue weighted by atomic mass is 10.2. The number of nitrogens with one attached hydrogen (secondary N) is 1. The Morgan fingerprint density at radius 1 is 0.967 bits per heavy atom. The van der Waals surface area contributed by atoms with E-state index in [4.69, 9.17) is 32.4 Å². The smallest absolute Gasteiger partial charge is 0.248 e. The summed E-state index contributed by atoms with van der Waals surface area (Å²) in [6.45, 7) is 2.84. The first-order chi connectivity index (χ1) is 14.6. The fraction of sp³-hybridized carbons (Fsp3) is 0.174. The van der Waals surface area contributed by atoms with E-state index in [9.17, 15) is 4.79 Å². The van der Waals surface area contributed by atoms with Gasteiger partial charge in [-0.1, -0.05) is 23.2 Å². The van der Waals surface area contributed by atoms with E-state index in [0.717, 1.165) is 24.3 Å². The zero-order valence-electron chi connectivity index (χ0n) is 16.1. The minimum atomic E-state index is -0.267. The van der Waals surface area contributed by atoms with Crippen molar-refractivity contribution < 1.29 is 13.9 Å². The van der Waals surface area contributed by atoms with Gasteiger partial charge in [0, 0.05) is 34.8 Å². The Morgan fingerprint density at radius 2 is 1.70 bits per heavy atom. The van der Waals surface area contributed by atoms with Gasteiger partial charge in [0.15, 0.2) is 0 Å². The van der Waals surface area contributed by atoms with Crippen molar-refractivity contribution in [2.75, 3.05) is 36.5 Å². The Morgan fingerprint density at radius 3 is 2.47 bits per heavy atom. The molecule has 0 unspecified atom stereocenters. The Balaban J connectivity index is 1.45. The van der Waals surface area contributed by atoms with Crippen LogP contribution in [0.3, 0.4) is 0 Å². The fourth-order valence-electron chi connectivity index (χ4n) is 3.23. The summed E-state index contributed by atoms with van der Waals surface area (Å²) in [6, 6.07) is 16.5. The minimum Gasteiger partial charge on any atom is -0.457 e. The first kappa shape index (κ1) is 20.5. The van der Waals surface area contributed by atoms with E-state index in [-0.39, 0.29) is 5.91 Å². The van der Waals surface area contributed by atoms with Crippen LogP contribution in [-0.2, 0) is 9.53 Å². The van der Waals surface area contributed by atoms with Crippen LogP contribution in [0.5, 0.6) is 0 Å². The molecule has 1 amide bonds. The normalized spacial score (nSPS) is 14.3. The zero-order chi connectivity index (χ0) is 20.9. The van der Waals surface area contributed by atoms with Crippen molar-refractivity contribution in [3.63, 3.8) is 0 Å². The lowest BCUT2D eigenvalue weighted by Crippen LogP contribution is -2.36. The van der Waals surface area contributed by atoms with Crippen LogP contribution in [0, 0.1) is 0 Å². The molecule has 0 aliphatic carbocycles. The third kappa shape index (κ3) is 5.05. The molecule has 4 rings (SSSR count). The van der Waals surface area contributed by atoms with E-state index in [1.165, 1.54) is 6.08 Å². The second-order valence-electron chi connectivity index (χ2n) is 6.79. The van der Waals surface area contributed by atoms with Crippen LogP contribution in [0.2, 0.25) is 10.0 Å². The quantitative estimate of drug-likeness (QED) is 0.511. The maximum absolute atomic E-state index is 12.5. The topological polar surface area (TPSA) is 54.7 Å². The van der Waals surface area contributed by atoms with E-state index >= 15 is 0 Å². The molecule has 7 heteroatoms. The van der Waals surface area contributed by atoms with Gasteiger partial charge in [-0.15, -0.1) is 0 Å². The molecule has 0 spiro atoms. The summed E-state index contributed by atoms with van der Waals surface area (Å²) in [5, 5.41) is 4.14. The summed E-state index contributed by atoms with van der Waals surface area (Å²) in [4.78, 5) is 14.7. The number of benzene rings is 2. The van der Waals surface area contributed by atoms with Crippen LogP contribution in [0.25, 0.3) is 17.4 Å². The molecule has 1 aromatic heterocycles. The predicted molar refractivity (Wildman–Crippen MR) is 121 cm³/mol. The molecule has 1 aliphatic heterocycles. The van der Waals surface area contributed by atoms with Crippen LogP contribution in [0.4, 0.5) is 11.4 Å². The van der Waals surface area contributed by atoms with Gasteiger partial charge in [0.1, 0.15) is 11.5 Å². The van der Waals surface area contributed by atoms with Gasteiger partial charge in [-0.3, -0.25) is 4.79 Å². The molecular weight excluding hydrogens is 423 g/mol. The molecule has 1 aliphatic rings. The van der Waals surface area contributed by atoms with E-state index in [0.29, 0.717) is 40.5 Å². The maximum Gasteiger partial charge on any atom is 0.248 e. The van der Waals surface area contributed by atoms with Crippen molar-refractivity contribution in [2.45, 2.75) is 0 Å². The van der Waals surface area contributed by atoms with Gasteiger partial charge in [-0.2, -0.15) is 0 Å². The molecule has 3 aromatic rings. The first-order valence-corrected chi connectivity index (χ1v) is 10.3. The molecule has 0 bridgehead atoms. The van der Waals surface area contributed by atoms with Crippen molar-refractivity contribution in [2.24, 2.45) is 0 Å². The van der Waals surface area contributed by atoms with Crippen LogP contribution in [0.15, 0.2) is 65.1 Å². The molecule has 1 fully saturated rings. The summed E-state index contributed by atoms with van der Waals surface area (Å²) >= 11 is 12.1. The minimum absolute atomic E-state index is 0.267. The number of ether oxygens (including phenoxy) is 1. The largest absolute Gasteiger partial charge is 0.457 e. The molecule has 0 atom stereocenters. The molecule has 0 radical (unpaired) electrons. The zero-order valence-corrected chi connectivity index (χ0v) is 17.6. The summed E-state index contributed by atoms with van der Waals surface area (Å²) in [5.41, 5.74) is 2.51. The summed E-state index contributed by atoms with van der Waals surface area (Å²) in [6.07, 6.45) is 3.07. The predicted octanol–water partition coefficient (Wildman–Crippen LogP) is 5.74. The van der Waals surface area contributed by atoms with Gasteiger partial charge < -0.3 is 19.4 Å². The average Bonchev–Trinajstić information content (AvgIpc) is 3.23. The van der Waals surface area contributed by atoms with E-state index < -0.39 is 0 Å². The first-order valence-electron chi connectivity index (χ1n) is 9.55. The Bertz CT molecular complexity index is 1050. The van der Waals surface area contributed by atoms with Gasteiger partial charge in [-0.05, 0) is 60.7 Å². The highest BCUT2D eigenvalue weighted by atomic mass is 35.5. The van der Waals surface area contributed by atoms with Gasteiger partial charge in [0.05, 0.1) is 24.6 Å². The third-order valence-electron chi connectivity index (χ3n) is 4.72. The highest BCUT2D eigenvalue weighted by molar-refractivity contribution is 6.31. The lowest BCUT2D eigenvalue weighted by Gasteiger charge is -2.30. The maximum atomic E-state index is 12.5. The van der Waals surface area contributed by atoms with Crippen molar-refractivity contribution in [1.29, 1.82) is 0 Å². The third-order valence-corrected chi connectivity index (χ3v) is 5.21. The molecule has 5 nitrogen and oxygen atoms in total. The van der Waals surface area contributed by atoms with Crippen LogP contribution >= 0.6 is 23.2 Å². The molecule has 0 saturated carbocycles. The highest BCUT2D eigenvalue weighted by Gasteiger charge is 2.16. The number of carbonyl (C=O) groups excluding carboxylic acids is 1. The van der Waals surface area contributed by atoms with Gasteiger partial charge in [-0.25, -0.2) is 0 Å². The molecule has 154 valence electrons. The standard InChI is InChI=1S/C23H20Cl2N2O3/c24-17-3-1-16(2-4-17)22-9-6-19(30-22)7-10-23(28)26-20-15-18(25)5-8-21(20)27-11-13-29-14-12-27/h1-10,15H,11-14H2,(H,26,28). The highest BCUT2D eigenvalue weighted by Crippen LogP contribution is 2.30. The fourth-order valence-corrected chi connectivity index (χ4v) is 3.53. The number of amides is 1. The number of nitrogens with zero attached hydrogens (tertiary/aromatic N) is 1.